The van der Waals surface area contributed by atoms with Crippen LogP contribution in [0.15, 0.2) is 42.5 Å². The van der Waals surface area contributed by atoms with Crippen LogP contribution in [0.2, 0.25) is 0 Å². The predicted octanol–water partition coefficient (Wildman–Crippen LogP) is 3.26. The molecule has 0 spiro atoms. The Kier molecular flexibility index (Phi) is 5.36. The van der Waals surface area contributed by atoms with Crippen LogP contribution in [-0.4, -0.2) is 31.0 Å². The molecule has 126 valence electrons. The number of Topliss-reactive ketones (excluding diaryl/α,β-unsaturated/α-hetero) is 1. The molecule has 0 N–H and O–H groups in total. The molecule has 0 aromatic heterocycles. The van der Waals surface area contributed by atoms with Crippen LogP contribution >= 0.6 is 0 Å². The minimum absolute atomic E-state index is 0.00941. The van der Waals surface area contributed by atoms with Crippen molar-refractivity contribution in [2.45, 2.75) is 13.0 Å². The number of nitrogens with zero attached hydrogens (tertiary/aromatic N) is 1. The number of nitro benzene ring substituents is 1. The van der Waals surface area contributed by atoms with Gasteiger partial charge in [0.25, 0.3) is 0 Å². The highest BCUT2D eigenvalue weighted by molar-refractivity contribution is 5.99. The van der Waals surface area contributed by atoms with Crippen LogP contribution in [0.25, 0.3) is 0 Å². The smallest absolute Gasteiger partial charge is 0.314 e. The molecule has 7 heteroatoms. The zero-order valence-corrected chi connectivity index (χ0v) is 13.5. The number of hydrogen-bond donors (Lipinski definition) is 0. The number of rotatable bonds is 7. The van der Waals surface area contributed by atoms with Crippen LogP contribution in [0.5, 0.6) is 17.2 Å². The van der Waals surface area contributed by atoms with Gasteiger partial charge in [0.05, 0.1) is 25.2 Å². The molecule has 0 aliphatic heterocycles. The lowest BCUT2D eigenvalue weighted by atomic mass is 10.1. The number of ketones is 1. The highest BCUT2D eigenvalue weighted by atomic mass is 16.6. The third-order valence-corrected chi connectivity index (χ3v) is 3.41. The van der Waals surface area contributed by atoms with E-state index in [1.807, 2.05) is 0 Å². The molecule has 0 unspecified atom stereocenters. The van der Waals surface area contributed by atoms with Gasteiger partial charge in [0.2, 0.25) is 5.78 Å². The summed E-state index contributed by atoms with van der Waals surface area (Å²) in [6.45, 7) is 1.54. The van der Waals surface area contributed by atoms with Gasteiger partial charge in [-0.1, -0.05) is 0 Å². The molecular formula is C17H17NO6. The highest BCUT2D eigenvalue weighted by Crippen LogP contribution is 2.32. The topological polar surface area (TPSA) is 87.9 Å². The van der Waals surface area contributed by atoms with Crippen molar-refractivity contribution < 1.29 is 23.9 Å². The zero-order valence-electron chi connectivity index (χ0n) is 13.5. The number of ether oxygens (including phenoxy) is 3. The first-order valence-electron chi connectivity index (χ1n) is 7.13. The summed E-state index contributed by atoms with van der Waals surface area (Å²) in [5.74, 6) is 0.687. The number of nitro groups is 1. The zero-order chi connectivity index (χ0) is 17.7. The van der Waals surface area contributed by atoms with Crippen molar-refractivity contribution in [1.82, 2.24) is 0 Å². The Labute approximate surface area is 138 Å². The Morgan fingerprint density at radius 3 is 2.17 bits per heavy atom. The summed E-state index contributed by atoms with van der Waals surface area (Å²) < 4.78 is 15.5. The molecular weight excluding hydrogens is 314 g/mol. The van der Waals surface area contributed by atoms with Crippen LogP contribution < -0.4 is 14.2 Å². The molecule has 7 nitrogen and oxygen atoms in total. The average molecular weight is 331 g/mol. The molecule has 2 aromatic carbocycles. The fourth-order valence-corrected chi connectivity index (χ4v) is 2.10. The van der Waals surface area contributed by atoms with Crippen LogP contribution in [0.1, 0.15) is 17.3 Å². The lowest BCUT2D eigenvalue weighted by Crippen LogP contribution is -2.24. The maximum absolute atomic E-state index is 12.4. The normalized spacial score (nSPS) is 11.5. The van der Waals surface area contributed by atoms with Crippen LogP contribution in [0.4, 0.5) is 5.69 Å². The molecule has 0 fully saturated rings. The molecule has 0 saturated carbocycles. The van der Waals surface area contributed by atoms with E-state index in [9.17, 15) is 14.9 Å². The van der Waals surface area contributed by atoms with E-state index in [0.717, 1.165) is 0 Å². The fraction of sp³-hybridized carbons (Fsp3) is 0.235. The quantitative estimate of drug-likeness (QED) is 0.439. The first kappa shape index (κ1) is 17.3. The van der Waals surface area contributed by atoms with Crippen molar-refractivity contribution in [3.05, 3.63) is 58.1 Å². The van der Waals surface area contributed by atoms with Crippen molar-refractivity contribution in [1.29, 1.82) is 0 Å². The standard InChI is InChI=1S/C17H17NO6/c1-11(17(19)12-4-6-13(22-2)7-5-12)24-16-9-8-14(23-3)10-15(16)18(20)21/h4-11H,1-3H3/t11-/m1/s1. The van der Waals surface area contributed by atoms with Crippen LogP contribution in [0.3, 0.4) is 0 Å². The number of hydrogen-bond acceptors (Lipinski definition) is 6. The van der Waals surface area contributed by atoms with E-state index in [-0.39, 0.29) is 17.2 Å². The van der Waals surface area contributed by atoms with E-state index in [0.29, 0.717) is 17.1 Å². The average Bonchev–Trinajstić information content (AvgIpc) is 2.61. The second-order valence-electron chi connectivity index (χ2n) is 4.94. The summed E-state index contributed by atoms with van der Waals surface area (Å²) in [4.78, 5) is 23.0. The third-order valence-electron chi connectivity index (χ3n) is 3.41. The van der Waals surface area contributed by atoms with E-state index in [1.165, 1.54) is 32.4 Å². The van der Waals surface area contributed by atoms with Crippen molar-refractivity contribution in [3.63, 3.8) is 0 Å². The van der Waals surface area contributed by atoms with Gasteiger partial charge in [-0.25, -0.2) is 0 Å². The van der Waals surface area contributed by atoms with Gasteiger partial charge in [0.15, 0.2) is 11.9 Å². The predicted molar refractivity (Wildman–Crippen MR) is 87.1 cm³/mol. The van der Waals surface area contributed by atoms with E-state index < -0.39 is 11.0 Å². The number of carbonyl (C=O) groups excluding carboxylic acids is 1. The van der Waals surface area contributed by atoms with Gasteiger partial charge in [0, 0.05) is 5.56 Å². The van der Waals surface area contributed by atoms with Gasteiger partial charge in [-0.3, -0.25) is 14.9 Å². The molecule has 0 heterocycles. The van der Waals surface area contributed by atoms with Gasteiger partial charge < -0.3 is 14.2 Å². The first-order chi connectivity index (χ1) is 11.5. The van der Waals surface area contributed by atoms with Crippen molar-refractivity contribution in [3.8, 4) is 17.2 Å². The number of methoxy groups -OCH3 is 2. The van der Waals surface area contributed by atoms with Gasteiger partial charge in [0.1, 0.15) is 11.5 Å². The first-order valence-corrected chi connectivity index (χ1v) is 7.13. The number of benzene rings is 2. The minimum atomic E-state index is -0.884. The molecule has 0 aliphatic carbocycles. The molecule has 0 radical (unpaired) electrons. The molecule has 0 aliphatic rings. The van der Waals surface area contributed by atoms with Gasteiger partial charge in [-0.15, -0.1) is 0 Å². The molecule has 1 atom stereocenters. The summed E-state index contributed by atoms with van der Waals surface area (Å²) in [5, 5.41) is 11.2. The van der Waals surface area contributed by atoms with Gasteiger partial charge >= 0.3 is 5.69 Å². The van der Waals surface area contributed by atoms with E-state index in [1.54, 1.807) is 31.2 Å². The minimum Gasteiger partial charge on any atom is -0.497 e. The summed E-state index contributed by atoms with van der Waals surface area (Å²) in [6, 6.07) is 10.8. The van der Waals surface area contributed by atoms with Gasteiger partial charge in [-0.2, -0.15) is 0 Å². The van der Waals surface area contributed by atoms with E-state index in [4.69, 9.17) is 14.2 Å². The summed E-state index contributed by atoms with van der Waals surface area (Å²) in [7, 11) is 2.95. The monoisotopic (exact) mass is 331 g/mol. The maximum Gasteiger partial charge on any atom is 0.314 e. The van der Waals surface area contributed by atoms with E-state index >= 15 is 0 Å². The Balaban J connectivity index is 2.20. The van der Waals surface area contributed by atoms with Crippen molar-refractivity contribution in [2.24, 2.45) is 0 Å². The SMILES string of the molecule is COc1ccc(C(=O)[C@@H](C)Oc2ccc(OC)cc2[N+](=O)[O-])cc1. The van der Waals surface area contributed by atoms with Gasteiger partial charge in [-0.05, 0) is 43.3 Å². The Hall–Kier alpha value is -3.09. The Morgan fingerprint density at radius 1 is 1.04 bits per heavy atom. The highest BCUT2D eigenvalue weighted by Gasteiger charge is 2.23. The lowest BCUT2D eigenvalue weighted by Gasteiger charge is -2.14. The number of carbonyl (C=O) groups is 1. The summed E-state index contributed by atoms with van der Waals surface area (Å²) in [6.07, 6.45) is -0.884. The Morgan fingerprint density at radius 2 is 1.62 bits per heavy atom. The maximum atomic E-state index is 12.4. The lowest BCUT2D eigenvalue weighted by molar-refractivity contribution is -0.386. The second kappa shape index (κ2) is 7.45. The molecule has 2 aromatic rings. The second-order valence-corrected chi connectivity index (χ2v) is 4.94. The van der Waals surface area contributed by atoms with Crippen molar-refractivity contribution >= 4 is 11.5 Å². The van der Waals surface area contributed by atoms with Crippen LogP contribution in [-0.2, 0) is 0 Å². The van der Waals surface area contributed by atoms with E-state index in [2.05, 4.69) is 0 Å². The molecule has 0 saturated heterocycles. The third kappa shape index (κ3) is 3.81. The largest absolute Gasteiger partial charge is 0.497 e. The summed E-state index contributed by atoms with van der Waals surface area (Å²) in [5.41, 5.74) is 0.170. The Bertz CT molecular complexity index is 741. The fourth-order valence-electron chi connectivity index (χ4n) is 2.10. The molecule has 0 bridgehead atoms. The van der Waals surface area contributed by atoms with Crippen molar-refractivity contribution in [2.75, 3.05) is 14.2 Å². The molecule has 0 amide bonds. The van der Waals surface area contributed by atoms with Crippen LogP contribution in [0, 0.1) is 10.1 Å². The molecule has 2 rings (SSSR count). The molecule has 24 heavy (non-hydrogen) atoms. The summed E-state index contributed by atoms with van der Waals surface area (Å²) >= 11 is 0.